The Balaban J connectivity index is 1.76. The second-order valence-corrected chi connectivity index (χ2v) is 9.18. The maximum Gasteiger partial charge on any atom is 0.240 e. The number of aryl methyl sites for hydroxylation is 1. The standard InChI is InChI=1S/C23H29ClN6O/c1-15(2)14-19-25-21(28-10-12-29(13-11-28)23(31)16(3)24)20-17(4)27-30(22(20)26-19)18-8-6-5-7-9-18/h5-9,15-16H,10-14H2,1-4H3/t16-/m1/s1. The van der Waals surface area contributed by atoms with Gasteiger partial charge in [0.2, 0.25) is 5.91 Å². The minimum Gasteiger partial charge on any atom is -0.352 e. The maximum absolute atomic E-state index is 12.3. The summed E-state index contributed by atoms with van der Waals surface area (Å²) in [5, 5.41) is 5.28. The van der Waals surface area contributed by atoms with Crippen LogP contribution in [0.5, 0.6) is 0 Å². The van der Waals surface area contributed by atoms with Crippen molar-refractivity contribution < 1.29 is 4.79 Å². The lowest BCUT2D eigenvalue weighted by Crippen LogP contribution is -2.50. The number of aromatic nitrogens is 4. The number of carbonyl (C=O) groups excluding carboxylic acids is 1. The summed E-state index contributed by atoms with van der Waals surface area (Å²) < 4.78 is 1.91. The van der Waals surface area contributed by atoms with Gasteiger partial charge in [0, 0.05) is 32.6 Å². The lowest BCUT2D eigenvalue weighted by Gasteiger charge is -2.36. The third-order valence-electron chi connectivity index (χ3n) is 5.55. The fourth-order valence-electron chi connectivity index (χ4n) is 4.03. The van der Waals surface area contributed by atoms with Crippen molar-refractivity contribution in [2.45, 2.75) is 39.5 Å². The molecule has 0 spiro atoms. The smallest absolute Gasteiger partial charge is 0.240 e. The lowest BCUT2D eigenvalue weighted by molar-refractivity contribution is -0.130. The second-order valence-electron chi connectivity index (χ2n) is 8.52. The molecule has 0 aliphatic carbocycles. The van der Waals surface area contributed by atoms with E-state index in [1.807, 2.05) is 46.8 Å². The molecule has 2 aromatic heterocycles. The average molecular weight is 441 g/mol. The van der Waals surface area contributed by atoms with E-state index >= 15 is 0 Å². The van der Waals surface area contributed by atoms with Crippen LogP contribution in [0, 0.1) is 12.8 Å². The lowest BCUT2D eigenvalue weighted by atomic mass is 10.1. The van der Waals surface area contributed by atoms with Crippen LogP contribution in [0.15, 0.2) is 30.3 Å². The summed E-state index contributed by atoms with van der Waals surface area (Å²) in [5.41, 5.74) is 2.71. The van der Waals surface area contributed by atoms with Crippen LogP contribution in [0.3, 0.4) is 0 Å². The molecule has 0 bridgehead atoms. The topological polar surface area (TPSA) is 67.2 Å². The van der Waals surface area contributed by atoms with Crippen LogP contribution in [0.4, 0.5) is 5.82 Å². The summed E-state index contributed by atoms with van der Waals surface area (Å²) in [7, 11) is 0. The number of carbonyl (C=O) groups is 1. The van der Waals surface area contributed by atoms with Gasteiger partial charge in [0.1, 0.15) is 17.0 Å². The van der Waals surface area contributed by atoms with Crippen molar-refractivity contribution in [3.63, 3.8) is 0 Å². The van der Waals surface area contributed by atoms with E-state index in [4.69, 9.17) is 26.7 Å². The Bertz CT molecular complexity index is 1070. The molecular formula is C23H29ClN6O. The zero-order valence-corrected chi connectivity index (χ0v) is 19.3. The van der Waals surface area contributed by atoms with Crippen molar-refractivity contribution in [2.24, 2.45) is 5.92 Å². The molecule has 31 heavy (non-hydrogen) atoms. The quantitative estimate of drug-likeness (QED) is 0.567. The maximum atomic E-state index is 12.3. The highest BCUT2D eigenvalue weighted by atomic mass is 35.5. The molecule has 1 aromatic carbocycles. The van der Waals surface area contributed by atoms with Crippen molar-refractivity contribution in [2.75, 3.05) is 31.1 Å². The molecule has 164 valence electrons. The Hall–Kier alpha value is -2.67. The van der Waals surface area contributed by atoms with E-state index in [1.54, 1.807) is 6.92 Å². The van der Waals surface area contributed by atoms with Crippen LogP contribution in [0.2, 0.25) is 0 Å². The van der Waals surface area contributed by atoms with Crippen molar-refractivity contribution in [3.8, 4) is 5.69 Å². The number of hydrogen-bond donors (Lipinski definition) is 0. The third-order valence-corrected chi connectivity index (χ3v) is 5.74. The molecule has 3 aromatic rings. The summed E-state index contributed by atoms with van der Waals surface area (Å²) >= 11 is 6.01. The van der Waals surface area contributed by atoms with Gasteiger partial charge in [0.25, 0.3) is 0 Å². The first-order valence-corrected chi connectivity index (χ1v) is 11.3. The zero-order chi connectivity index (χ0) is 22.1. The van der Waals surface area contributed by atoms with Gasteiger partial charge in [-0.1, -0.05) is 32.0 Å². The molecule has 8 heteroatoms. The van der Waals surface area contributed by atoms with Crippen molar-refractivity contribution in [1.29, 1.82) is 0 Å². The summed E-state index contributed by atoms with van der Waals surface area (Å²) in [4.78, 5) is 26.2. The highest BCUT2D eigenvalue weighted by Crippen LogP contribution is 2.30. The molecule has 7 nitrogen and oxygen atoms in total. The Morgan fingerprint density at radius 1 is 1.06 bits per heavy atom. The third kappa shape index (κ3) is 4.37. The van der Waals surface area contributed by atoms with E-state index in [1.165, 1.54) is 0 Å². The summed E-state index contributed by atoms with van der Waals surface area (Å²) in [6.07, 6.45) is 0.796. The Labute approximate surface area is 188 Å². The SMILES string of the molecule is Cc1nn(-c2ccccc2)c2nc(CC(C)C)nc(N3CCN(C(=O)[C@@H](C)Cl)CC3)c12. The van der Waals surface area contributed by atoms with Gasteiger partial charge in [0.05, 0.1) is 16.8 Å². The number of piperazine rings is 1. The highest BCUT2D eigenvalue weighted by molar-refractivity contribution is 6.30. The molecule has 1 atom stereocenters. The predicted octanol–water partition coefficient (Wildman–Crippen LogP) is 3.60. The van der Waals surface area contributed by atoms with Gasteiger partial charge in [-0.05, 0) is 31.9 Å². The first-order chi connectivity index (χ1) is 14.8. The Morgan fingerprint density at radius 3 is 2.35 bits per heavy atom. The zero-order valence-electron chi connectivity index (χ0n) is 18.5. The summed E-state index contributed by atoms with van der Waals surface area (Å²) in [6.45, 7) is 10.8. The fourth-order valence-corrected chi connectivity index (χ4v) is 4.17. The number of rotatable bonds is 5. The number of fused-ring (bicyclic) bond motifs is 1. The predicted molar refractivity (Wildman–Crippen MR) is 124 cm³/mol. The van der Waals surface area contributed by atoms with Crippen LogP contribution in [0.1, 0.15) is 32.3 Å². The number of hydrogen-bond acceptors (Lipinski definition) is 5. The Morgan fingerprint density at radius 2 is 1.74 bits per heavy atom. The van der Waals surface area contributed by atoms with Crippen LogP contribution in [0.25, 0.3) is 16.7 Å². The molecule has 1 amide bonds. The van der Waals surface area contributed by atoms with E-state index in [0.717, 1.165) is 40.5 Å². The number of halogens is 1. The number of amides is 1. The van der Waals surface area contributed by atoms with Gasteiger partial charge in [-0.15, -0.1) is 11.6 Å². The van der Waals surface area contributed by atoms with Crippen LogP contribution in [-0.2, 0) is 11.2 Å². The molecule has 0 radical (unpaired) electrons. The molecule has 0 unspecified atom stereocenters. The van der Waals surface area contributed by atoms with Gasteiger partial charge in [-0.25, -0.2) is 14.6 Å². The molecule has 4 rings (SSSR count). The number of benzene rings is 1. The van der Waals surface area contributed by atoms with Crippen LogP contribution >= 0.6 is 11.6 Å². The van der Waals surface area contributed by atoms with Crippen LogP contribution in [-0.4, -0.2) is 62.1 Å². The van der Waals surface area contributed by atoms with Crippen molar-refractivity contribution in [1.82, 2.24) is 24.6 Å². The fraction of sp³-hybridized carbons (Fsp3) is 0.478. The molecule has 0 N–H and O–H groups in total. The van der Waals surface area contributed by atoms with E-state index < -0.39 is 5.38 Å². The van der Waals surface area contributed by atoms with Gasteiger partial charge < -0.3 is 9.80 Å². The van der Waals surface area contributed by atoms with Gasteiger partial charge in [0.15, 0.2) is 5.65 Å². The second kappa shape index (κ2) is 8.83. The van der Waals surface area contributed by atoms with E-state index in [-0.39, 0.29) is 5.91 Å². The average Bonchev–Trinajstić information content (AvgIpc) is 3.09. The first-order valence-electron chi connectivity index (χ1n) is 10.8. The first kappa shape index (κ1) is 21.6. The molecule has 3 heterocycles. The molecule has 1 aliphatic heterocycles. The summed E-state index contributed by atoms with van der Waals surface area (Å²) in [5.74, 6) is 2.16. The van der Waals surface area contributed by atoms with Gasteiger partial charge in [-0.2, -0.15) is 5.10 Å². The van der Waals surface area contributed by atoms with E-state index in [0.29, 0.717) is 32.1 Å². The highest BCUT2D eigenvalue weighted by Gasteiger charge is 2.27. The summed E-state index contributed by atoms with van der Waals surface area (Å²) in [6, 6.07) is 10.1. The number of anilines is 1. The van der Waals surface area contributed by atoms with Gasteiger partial charge >= 0.3 is 0 Å². The largest absolute Gasteiger partial charge is 0.352 e. The minimum atomic E-state index is -0.499. The molecule has 1 saturated heterocycles. The number of para-hydroxylation sites is 1. The van der Waals surface area contributed by atoms with E-state index in [9.17, 15) is 4.79 Å². The molecular weight excluding hydrogens is 412 g/mol. The molecule has 1 aliphatic rings. The normalized spacial score (nSPS) is 15.7. The van der Waals surface area contributed by atoms with Gasteiger partial charge in [-0.3, -0.25) is 4.79 Å². The molecule has 0 saturated carbocycles. The number of nitrogens with zero attached hydrogens (tertiary/aromatic N) is 6. The van der Waals surface area contributed by atoms with Crippen molar-refractivity contribution in [3.05, 3.63) is 41.9 Å². The monoisotopic (exact) mass is 440 g/mol. The molecule has 1 fully saturated rings. The van der Waals surface area contributed by atoms with E-state index in [2.05, 4.69) is 18.7 Å². The van der Waals surface area contributed by atoms with Crippen molar-refractivity contribution >= 4 is 34.4 Å². The number of alkyl halides is 1. The Kier molecular flexibility index (Phi) is 6.14. The van der Waals surface area contributed by atoms with Crippen LogP contribution < -0.4 is 4.90 Å². The minimum absolute atomic E-state index is 0.0114.